The second kappa shape index (κ2) is 6.62. The fraction of sp³-hybridized carbons (Fsp3) is 0.200. The van der Waals surface area contributed by atoms with Crippen LogP contribution in [0.15, 0.2) is 24.3 Å². The van der Waals surface area contributed by atoms with Gasteiger partial charge in [-0.05, 0) is 19.1 Å². The van der Waals surface area contributed by atoms with Crippen LogP contribution in [0.25, 0.3) is 5.69 Å². The number of anilines is 1. The van der Waals surface area contributed by atoms with E-state index in [0.29, 0.717) is 0 Å². The van der Waals surface area contributed by atoms with Crippen LogP contribution >= 0.6 is 0 Å². The van der Waals surface area contributed by atoms with E-state index in [9.17, 15) is 9.59 Å². The molecule has 0 unspecified atom stereocenters. The summed E-state index contributed by atoms with van der Waals surface area (Å²) >= 11 is 0. The van der Waals surface area contributed by atoms with Crippen LogP contribution < -0.4 is 5.73 Å². The number of nitrogen functional groups attached to an aromatic ring is 1. The standard InChI is InChI=1S/C15H14N4O4/c1-3-23-15(21)13-12(17)10(8-16)18-19(13)11-7-5-4-6-9(11)14(20)22-2/h4-7H,3,17H2,1-2H3. The number of nitrogens with two attached hydrogens (primary N) is 1. The van der Waals surface area contributed by atoms with Gasteiger partial charge in [-0.25, -0.2) is 14.3 Å². The van der Waals surface area contributed by atoms with Crippen LogP contribution in [-0.2, 0) is 9.47 Å². The molecule has 0 spiro atoms. The summed E-state index contributed by atoms with van der Waals surface area (Å²) in [5.74, 6) is -1.35. The van der Waals surface area contributed by atoms with Gasteiger partial charge in [-0.15, -0.1) is 0 Å². The van der Waals surface area contributed by atoms with Crippen molar-refractivity contribution in [2.45, 2.75) is 6.92 Å². The number of nitrogens with zero attached hydrogens (tertiary/aromatic N) is 3. The van der Waals surface area contributed by atoms with Crippen LogP contribution in [0.2, 0.25) is 0 Å². The van der Waals surface area contributed by atoms with Crippen LogP contribution in [0.3, 0.4) is 0 Å². The van der Waals surface area contributed by atoms with E-state index in [-0.39, 0.29) is 34.9 Å². The van der Waals surface area contributed by atoms with Gasteiger partial charge in [0.25, 0.3) is 0 Å². The third kappa shape index (κ3) is 2.85. The summed E-state index contributed by atoms with van der Waals surface area (Å²) in [5.41, 5.74) is 5.90. The molecule has 0 radical (unpaired) electrons. The maximum atomic E-state index is 12.2. The van der Waals surface area contributed by atoms with Crippen molar-refractivity contribution in [2.75, 3.05) is 19.5 Å². The smallest absolute Gasteiger partial charge is 0.359 e. The molecule has 0 aliphatic carbocycles. The largest absolute Gasteiger partial charge is 0.465 e. The minimum Gasteiger partial charge on any atom is -0.465 e. The summed E-state index contributed by atoms with van der Waals surface area (Å²) in [6.45, 7) is 1.77. The molecule has 23 heavy (non-hydrogen) atoms. The minimum atomic E-state index is -0.737. The summed E-state index contributed by atoms with van der Waals surface area (Å²) in [6.07, 6.45) is 0. The molecule has 8 nitrogen and oxygen atoms in total. The molecule has 2 N–H and O–H groups in total. The maximum absolute atomic E-state index is 12.2. The SMILES string of the molecule is CCOC(=O)c1c(N)c(C#N)nn1-c1ccccc1C(=O)OC. The van der Waals surface area contributed by atoms with Crippen molar-refractivity contribution >= 4 is 17.6 Å². The van der Waals surface area contributed by atoms with Gasteiger partial charge in [0.2, 0.25) is 0 Å². The average Bonchev–Trinajstić information content (AvgIpc) is 2.90. The van der Waals surface area contributed by atoms with E-state index in [4.69, 9.17) is 20.5 Å². The Morgan fingerprint density at radius 3 is 2.65 bits per heavy atom. The molecular formula is C15H14N4O4. The van der Waals surface area contributed by atoms with Gasteiger partial charge < -0.3 is 15.2 Å². The Labute approximate surface area is 132 Å². The Hall–Kier alpha value is -3.34. The Bertz CT molecular complexity index is 804. The molecule has 0 saturated heterocycles. The molecular weight excluding hydrogens is 300 g/mol. The summed E-state index contributed by atoms with van der Waals surface area (Å²) in [4.78, 5) is 24.1. The molecule has 0 amide bonds. The number of methoxy groups -OCH3 is 1. The van der Waals surface area contributed by atoms with E-state index < -0.39 is 11.9 Å². The van der Waals surface area contributed by atoms with E-state index in [0.717, 1.165) is 4.68 Å². The first-order valence-corrected chi connectivity index (χ1v) is 6.68. The van der Waals surface area contributed by atoms with Gasteiger partial charge in [-0.2, -0.15) is 10.4 Å². The Balaban J connectivity index is 2.72. The highest BCUT2D eigenvalue weighted by molar-refractivity contribution is 5.97. The lowest BCUT2D eigenvalue weighted by Crippen LogP contribution is -2.16. The summed E-state index contributed by atoms with van der Waals surface area (Å²) < 4.78 is 10.8. The van der Waals surface area contributed by atoms with Crippen LogP contribution in [0.1, 0.15) is 33.5 Å². The number of nitriles is 1. The highest BCUT2D eigenvalue weighted by Gasteiger charge is 2.26. The van der Waals surface area contributed by atoms with Crippen molar-refractivity contribution in [2.24, 2.45) is 0 Å². The first-order chi connectivity index (χ1) is 11.0. The van der Waals surface area contributed by atoms with Gasteiger partial charge in [0.1, 0.15) is 11.8 Å². The molecule has 0 atom stereocenters. The van der Waals surface area contributed by atoms with Crippen molar-refractivity contribution in [1.29, 1.82) is 5.26 Å². The number of aromatic nitrogens is 2. The van der Waals surface area contributed by atoms with Crippen molar-refractivity contribution in [3.05, 3.63) is 41.2 Å². The molecule has 118 valence electrons. The number of carbonyl (C=O) groups excluding carboxylic acids is 2. The molecule has 0 aliphatic heterocycles. The van der Waals surface area contributed by atoms with Crippen LogP contribution in [0.5, 0.6) is 0 Å². The molecule has 1 heterocycles. The Kier molecular flexibility index (Phi) is 4.61. The van der Waals surface area contributed by atoms with E-state index in [1.54, 1.807) is 31.2 Å². The third-order valence-corrected chi connectivity index (χ3v) is 3.03. The highest BCUT2D eigenvalue weighted by Crippen LogP contribution is 2.24. The van der Waals surface area contributed by atoms with Gasteiger partial charge in [0, 0.05) is 0 Å². The van der Waals surface area contributed by atoms with Crippen LogP contribution in [0, 0.1) is 11.3 Å². The number of esters is 2. The monoisotopic (exact) mass is 314 g/mol. The lowest BCUT2D eigenvalue weighted by Gasteiger charge is -2.10. The molecule has 1 aromatic heterocycles. The predicted octanol–water partition coefficient (Wildman–Crippen LogP) is 1.29. The lowest BCUT2D eigenvalue weighted by atomic mass is 10.1. The normalized spacial score (nSPS) is 9.96. The molecule has 0 aliphatic rings. The number of benzene rings is 1. The predicted molar refractivity (Wildman–Crippen MR) is 80.0 cm³/mol. The van der Waals surface area contributed by atoms with E-state index in [2.05, 4.69) is 5.10 Å². The first-order valence-electron chi connectivity index (χ1n) is 6.68. The molecule has 2 rings (SSSR count). The topological polar surface area (TPSA) is 120 Å². The zero-order valence-corrected chi connectivity index (χ0v) is 12.6. The molecule has 2 aromatic rings. The van der Waals surface area contributed by atoms with Gasteiger partial charge >= 0.3 is 11.9 Å². The lowest BCUT2D eigenvalue weighted by molar-refractivity contribution is 0.0514. The Morgan fingerprint density at radius 2 is 2.04 bits per heavy atom. The van der Waals surface area contributed by atoms with Gasteiger partial charge in [-0.1, -0.05) is 12.1 Å². The minimum absolute atomic E-state index is 0.106. The quantitative estimate of drug-likeness (QED) is 0.844. The number of rotatable bonds is 4. The molecule has 0 bridgehead atoms. The van der Waals surface area contributed by atoms with E-state index >= 15 is 0 Å². The van der Waals surface area contributed by atoms with Gasteiger partial charge in [0.15, 0.2) is 11.4 Å². The highest BCUT2D eigenvalue weighted by atomic mass is 16.5. The number of carbonyl (C=O) groups is 2. The molecule has 1 aromatic carbocycles. The fourth-order valence-electron chi connectivity index (χ4n) is 2.02. The van der Waals surface area contributed by atoms with Crippen LogP contribution in [-0.4, -0.2) is 35.4 Å². The first kappa shape index (κ1) is 16.0. The van der Waals surface area contributed by atoms with Crippen molar-refractivity contribution in [3.8, 4) is 11.8 Å². The Morgan fingerprint density at radius 1 is 1.35 bits per heavy atom. The summed E-state index contributed by atoms with van der Waals surface area (Å²) in [6, 6.07) is 8.17. The summed E-state index contributed by atoms with van der Waals surface area (Å²) in [7, 11) is 1.24. The van der Waals surface area contributed by atoms with Crippen molar-refractivity contribution in [1.82, 2.24) is 9.78 Å². The second-order valence-electron chi connectivity index (χ2n) is 4.36. The average molecular weight is 314 g/mol. The number of hydrogen-bond donors (Lipinski definition) is 1. The molecule has 8 heteroatoms. The molecule has 0 fully saturated rings. The number of para-hydroxylation sites is 1. The third-order valence-electron chi connectivity index (χ3n) is 3.03. The zero-order chi connectivity index (χ0) is 17.0. The fourth-order valence-corrected chi connectivity index (χ4v) is 2.02. The zero-order valence-electron chi connectivity index (χ0n) is 12.6. The van der Waals surface area contributed by atoms with E-state index in [1.807, 2.05) is 0 Å². The van der Waals surface area contributed by atoms with Gasteiger partial charge in [0.05, 0.1) is 25.0 Å². The van der Waals surface area contributed by atoms with Gasteiger partial charge in [-0.3, -0.25) is 0 Å². The molecule has 0 saturated carbocycles. The van der Waals surface area contributed by atoms with E-state index in [1.165, 1.54) is 13.2 Å². The van der Waals surface area contributed by atoms with Crippen molar-refractivity contribution < 1.29 is 19.1 Å². The van der Waals surface area contributed by atoms with Crippen LogP contribution in [0.4, 0.5) is 5.69 Å². The summed E-state index contributed by atoms with van der Waals surface area (Å²) in [5, 5.41) is 13.1. The maximum Gasteiger partial charge on any atom is 0.359 e. The van der Waals surface area contributed by atoms with Crippen molar-refractivity contribution in [3.63, 3.8) is 0 Å². The second-order valence-corrected chi connectivity index (χ2v) is 4.36. The number of ether oxygens (including phenoxy) is 2. The number of hydrogen-bond acceptors (Lipinski definition) is 7.